The van der Waals surface area contributed by atoms with E-state index in [1.165, 1.54) is 16.2 Å². The van der Waals surface area contributed by atoms with E-state index in [4.69, 9.17) is 0 Å². The summed E-state index contributed by atoms with van der Waals surface area (Å²) in [6, 6.07) is 12.1. The number of aryl methyl sites for hydroxylation is 1. The Hall–Kier alpha value is -3.61. The minimum absolute atomic E-state index is 0.00627. The van der Waals surface area contributed by atoms with Gasteiger partial charge in [0.1, 0.15) is 22.7 Å². The molecule has 1 aliphatic carbocycles. The first-order valence-electron chi connectivity index (χ1n) is 9.82. The SMILES string of the molecule is C=CCn1cc(/C=C(\C#N)C(=O)Nc2sc3c(c2C#N)CCCC3)c2ccccc21. The Morgan fingerprint density at radius 3 is 2.83 bits per heavy atom. The molecule has 0 unspecified atom stereocenters. The van der Waals surface area contributed by atoms with Gasteiger partial charge in [-0.05, 0) is 43.4 Å². The topological polar surface area (TPSA) is 81.6 Å². The lowest BCUT2D eigenvalue weighted by Gasteiger charge is -2.09. The third kappa shape index (κ3) is 3.54. The van der Waals surface area contributed by atoms with Crippen LogP contribution in [0.25, 0.3) is 17.0 Å². The standard InChI is InChI=1S/C24H20N4OS/c1-2-11-28-15-17(18-7-3-5-9-21(18)28)12-16(13-25)23(29)27-24-20(14-26)19-8-4-6-10-22(19)30-24/h2-3,5,7,9,12,15H,1,4,6,8,10-11H2,(H,27,29)/b16-12+. The molecule has 1 aromatic carbocycles. The molecule has 5 nitrogen and oxygen atoms in total. The van der Waals surface area contributed by atoms with E-state index in [2.05, 4.69) is 18.0 Å². The van der Waals surface area contributed by atoms with Crippen LogP contribution in [0.2, 0.25) is 0 Å². The maximum absolute atomic E-state index is 12.9. The predicted molar refractivity (Wildman–Crippen MR) is 120 cm³/mol. The number of aromatic nitrogens is 1. The number of hydrogen-bond donors (Lipinski definition) is 1. The molecule has 0 radical (unpaired) electrons. The van der Waals surface area contributed by atoms with Crippen molar-refractivity contribution in [3.05, 3.63) is 70.3 Å². The molecule has 4 rings (SSSR count). The van der Waals surface area contributed by atoms with Crippen LogP contribution < -0.4 is 5.32 Å². The number of benzene rings is 1. The van der Waals surface area contributed by atoms with E-state index in [1.54, 1.807) is 12.2 Å². The van der Waals surface area contributed by atoms with Gasteiger partial charge < -0.3 is 9.88 Å². The Balaban J connectivity index is 1.68. The highest BCUT2D eigenvalue weighted by atomic mass is 32.1. The molecule has 2 aromatic heterocycles. The van der Waals surface area contributed by atoms with Crippen molar-refractivity contribution in [1.29, 1.82) is 10.5 Å². The number of para-hydroxylation sites is 1. The average Bonchev–Trinajstić information content (AvgIpc) is 3.29. The minimum Gasteiger partial charge on any atom is -0.343 e. The zero-order valence-electron chi connectivity index (χ0n) is 16.4. The molecule has 148 valence electrons. The van der Waals surface area contributed by atoms with Crippen molar-refractivity contribution < 1.29 is 4.79 Å². The van der Waals surface area contributed by atoms with Gasteiger partial charge in [0.15, 0.2) is 0 Å². The van der Waals surface area contributed by atoms with Gasteiger partial charge in [0.2, 0.25) is 0 Å². The van der Waals surface area contributed by atoms with E-state index in [0.717, 1.165) is 47.7 Å². The highest BCUT2D eigenvalue weighted by Crippen LogP contribution is 2.37. The lowest BCUT2D eigenvalue weighted by molar-refractivity contribution is -0.112. The van der Waals surface area contributed by atoms with Gasteiger partial charge in [-0.25, -0.2) is 0 Å². The van der Waals surface area contributed by atoms with Gasteiger partial charge in [-0.1, -0.05) is 24.3 Å². The van der Waals surface area contributed by atoms with E-state index >= 15 is 0 Å². The number of allylic oxidation sites excluding steroid dienone is 1. The fourth-order valence-electron chi connectivity index (χ4n) is 3.93. The second kappa shape index (κ2) is 8.41. The minimum atomic E-state index is -0.492. The molecule has 1 aliphatic rings. The molecule has 0 aliphatic heterocycles. The highest BCUT2D eigenvalue weighted by molar-refractivity contribution is 7.16. The van der Waals surface area contributed by atoms with Crippen molar-refractivity contribution in [2.75, 3.05) is 5.32 Å². The number of anilines is 1. The van der Waals surface area contributed by atoms with Gasteiger partial charge in [-0.2, -0.15) is 10.5 Å². The lowest BCUT2D eigenvalue weighted by Crippen LogP contribution is -2.13. The molecule has 0 spiro atoms. The van der Waals surface area contributed by atoms with Crippen LogP contribution in [0.4, 0.5) is 5.00 Å². The molecule has 0 saturated carbocycles. The third-order valence-electron chi connectivity index (χ3n) is 5.32. The molecule has 1 amide bonds. The normalized spacial score (nSPS) is 13.3. The number of carbonyl (C=O) groups excluding carboxylic acids is 1. The smallest absolute Gasteiger partial charge is 0.266 e. The summed E-state index contributed by atoms with van der Waals surface area (Å²) in [5.41, 5.74) is 3.41. The summed E-state index contributed by atoms with van der Waals surface area (Å²) in [6.45, 7) is 4.42. The second-order valence-electron chi connectivity index (χ2n) is 7.19. The molecule has 3 aromatic rings. The monoisotopic (exact) mass is 412 g/mol. The summed E-state index contributed by atoms with van der Waals surface area (Å²) in [5, 5.41) is 23.6. The molecular formula is C24H20N4OS. The Labute approximate surface area is 179 Å². The second-order valence-corrected chi connectivity index (χ2v) is 8.30. The van der Waals surface area contributed by atoms with E-state index in [0.29, 0.717) is 17.1 Å². The molecule has 6 heteroatoms. The van der Waals surface area contributed by atoms with Crippen LogP contribution in [0.1, 0.15) is 34.4 Å². The van der Waals surface area contributed by atoms with E-state index in [-0.39, 0.29) is 5.57 Å². The Bertz CT molecular complexity index is 1260. The van der Waals surface area contributed by atoms with E-state index in [1.807, 2.05) is 41.1 Å². The van der Waals surface area contributed by atoms with E-state index < -0.39 is 5.91 Å². The Kier molecular flexibility index (Phi) is 5.52. The highest BCUT2D eigenvalue weighted by Gasteiger charge is 2.23. The van der Waals surface area contributed by atoms with Gasteiger partial charge in [-0.3, -0.25) is 4.79 Å². The molecule has 0 atom stereocenters. The van der Waals surface area contributed by atoms with Crippen molar-refractivity contribution in [3.63, 3.8) is 0 Å². The third-order valence-corrected chi connectivity index (χ3v) is 6.53. The zero-order chi connectivity index (χ0) is 21.1. The van der Waals surface area contributed by atoms with Crippen LogP contribution in [-0.2, 0) is 24.2 Å². The fraction of sp³-hybridized carbons (Fsp3) is 0.208. The van der Waals surface area contributed by atoms with Gasteiger partial charge in [0, 0.05) is 34.1 Å². The molecule has 0 bridgehead atoms. The van der Waals surface area contributed by atoms with Crippen LogP contribution in [-0.4, -0.2) is 10.5 Å². The number of nitrogens with zero attached hydrogens (tertiary/aromatic N) is 3. The van der Waals surface area contributed by atoms with Crippen molar-refractivity contribution in [3.8, 4) is 12.1 Å². The van der Waals surface area contributed by atoms with Crippen molar-refractivity contribution in [2.45, 2.75) is 32.2 Å². The predicted octanol–water partition coefficient (Wildman–Crippen LogP) is 5.18. The number of carbonyl (C=O) groups is 1. The first-order chi connectivity index (χ1) is 14.7. The Morgan fingerprint density at radius 2 is 2.07 bits per heavy atom. The summed E-state index contributed by atoms with van der Waals surface area (Å²) < 4.78 is 2.03. The number of hydrogen-bond acceptors (Lipinski definition) is 4. The summed E-state index contributed by atoms with van der Waals surface area (Å²) in [7, 11) is 0. The zero-order valence-corrected chi connectivity index (χ0v) is 17.3. The van der Waals surface area contributed by atoms with Crippen LogP contribution in [0.15, 0.2) is 48.7 Å². The van der Waals surface area contributed by atoms with Gasteiger partial charge >= 0.3 is 0 Å². The van der Waals surface area contributed by atoms with Gasteiger partial charge in [0.25, 0.3) is 5.91 Å². The maximum atomic E-state index is 12.9. The number of thiophene rings is 1. The first-order valence-corrected chi connectivity index (χ1v) is 10.6. The summed E-state index contributed by atoms with van der Waals surface area (Å²) in [6.07, 6.45) is 9.30. The largest absolute Gasteiger partial charge is 0.343 e. The lowest BCUT2D eigenvalue weighted by atomic mass is 9.96. The van der Waals surface area contributed by atoms with Crippen LogP contribution >= 0.6 is 11.3 Å². The number of fused-ring (bicyclic) bond motifs is 2. The Morgan fingerprint density at radius 1 is 1.27 bits per heavy atom. The summed E-state index contributed by atoms with van der Waals surface area (Å²) >= 11 is 1.46. The van der Waals surface area contributed by atoms with Crippen molar-refractivity contribution in [1.82, 2.24) is 4.57 Å². The number of nitrogens with one attached hydrogen (secondary N) is 1. The van der Waals surface area contributed by atoms with E-state index in [9.17, 15) is 15.3 Å². The van der Waals surface area contributed by atoms with Crippen LogP contribution in [0.3, 0.4) is 0 Å². The maximum Gasteiger partial charge on any atom is 0.266 e. The summed E-state index contributed by atoms with van der Waals surface area (Å²) in [5.74, 6) is -0.492. The molecule has 2 heterocycles. The van der Waals surface area contributed by atoms with Crippen LogP contribution in [0, 0.1) is 22.7 Å². The number of nitriles is 2. The average molecular weight is 413 g/mol. The quantitative estimate of drug-likeness (QED) is 0.356. The van der Waals surface area contributed by atoms with Crippen LogP contribution in [0.5, 0.6) is 0 Å². The molecule has 0 saturated heterocycles. The molecule has 0 fully saturated rings. The van der Waals surface area contributed by atoms with Crippen molar-refractivity contribution in [2.24, 2.45) is 0 Å². The number of amides is 1. The fourth-order valence-corrected chi connectivity index (χ4v) is 5.16. The number of rotatable bonds is 5. The van der Waals surface area contributed by atoms with Gasteiger partial charge in [0.05, 0.1) is 5.56 Å². The molecule has 1 N–H and O–H groups in total. The molecule has 30 heavy (non-hydrogen) atoms. The van der Waals surface area contributed by atoms with Gasteiger partial charge in [-0.15, -0.1) is 17.9 Å². The molecular weight excluding hydrogens is 392 g/mol. The van der Waals surface area contributed by atoms with Crippen molar-refractivity contribution >= 4 is 39.2 Å². The first kappa shape index (κ1) is 19.7. The summed E-state index contributed by atoms with van der Waals surface area (Å²) in [4.78, 5) is 14.0.